The molecule has 23 heavy (non-hydrogen) atoms. The summed E-state index contributed by atoms with van der Waals surface area (Å²) in [6.45, 7) is 6.33. The van der Waals surface area contributed by atoms with Gasteiger partial charge in [-0.05, 0) is 31.3 Å². The summed E-state index contributed by atoms with van der Waals surface area (Å²) in [6, 6.07) is 0. The Morgan fingerprint density at radius 2 is 1.65 bits per heavy atom. The number of anilines is 1. The fraction of sp³-hybridized carbons (Fsp3) is 0.733. The smallest absolute Gasteiger partial charge is 0.331 e. The van der Waals surface area contributed by atoms with Crippen LogP contribution in [0.1, 0.15) is 46.5 Å². The van der Waals surface area contributed by atoms with Crippen molar-refractivity contribution in [3.05, 3.63) is 0 Å². The van der Waals surface area contributed by atoms with Gasteiger partial charge in [-0.2, -0.15) is 15.0 Å². The third kappa shape index (κ3) is 4.73. The normalized spacial score (nSPS) is 16.3. The van der Waals surface area contributed by atoms with Gasteiger partial charge in [0.05, 0.1) is 6.61 Å². The van der Waals surface area contributed by atoms with E-state index in [-0.39, 0.29) is 5.97 Å². The molecule has 8 heteroatoms. The predicted molar refractivity (Wildman–Crippen MR) is 94.1 cm³/mol. The minimum atomic E-state index is -0.695. The van der Waals surface area contributed by atoms with E-state index in [9.17, 15) is 4.79 Å². The van der Waals surface area contributed by atoms with Crippen LogP contribution in [0.5, 0.6) is 0 Å². The lowest BCUT2D eigenvalue weighted by molar-refractivity contribution is -0.148. The highest BCUT2D eigenvalue weighted by atomic mass is 32.2. The predicted octanol–water partition coefficient (Wildman–Crippen LogP) is 3.38. The van der Waals surface area contributed by atoms with Gasteiger partial charge in [-0.1, -0.05) is 50.2 Å². The van der Waals surface area contributed by atoms with Crippen LogP contribution in [-0.4, -0.2) is 44.6 Å². The molecule has 0 bridgehead atoms. The summed E-state index contributed by atoms with van der Waals surface area (Å²) in [6.07, 6.45) is 3.52. The number of carbonyl (C=O) groups is 1. The molecule has 1 heterocycles. The lowest BCUT2D eigenvalue weighted by Crippen LogP contribution is -2.45. The van der Waals surface area contributed by atoms with Crippen LogP contribution in [0, 0.1) is 0 Å². The van der Waals surface area contributed by atoms with Gasteiger partial charge in [0.25, 0.3) is 0 Å². The number of carbonyl (C=O) groups excluding carboxylic acids is 1. The number of aromatic nitrogens is 3. The molecule has 0 atom stereocenters. The Kier molecular flexibility index (Phi) is 6.95. The highest BCUT2D eigenvalue weighted by Crippen LogP contribution is 2.34. The van der Waals surface area contributed by atoms with Crippen LogP contribution in [0.3, 0.4) is 0 Å². The van der Waals surface area contributed by atoms with Crippen molar-refractivity contribution in [2.24, 2.45) is 0 Å². The minimum absolute atomic E-state index is 0.202. The molecule has 0 unspecified atom stereocenters. The van der Waals surface area contributed by atoms with E-state index in [1.54, 1.807) is 23.5 Å². The van der Waals surface area contributed by atoms with Crippen LogP contribution >= 0.6 is 23.5 Å². The average molecular weight is 357 g/mol. The first-order valence-electron chi connectivity index (χ1n) is 8.10. The number of thioether (sulfide) groups is 2. The quantitative estimate of drug-likeness (QED) is 0.561. The SMILES string of the molecule is CCOC(=O)C1(Nc2nc(SCC)nc(SCC)n2)CCCC1. The van der Waals surface area contributed by atoms with Crippen molar-refractivity contribution in [1.29, 1.82) is 0 Å². The van der Waals surface area contributed by atoms with Crippen molar-refractivity contribution >= 4 is 35.4 Å². The molecule has 0 aromatic carbocycles. The highest BCUT2D eigenvalue weighted by Gasteiger charge is 2.43. The second-order valence-corrected chi connectivity index (χ2v) is 7.69. The Balaban J connectivity index is 2.26. The van der Waals surface area contributed by atoms with Crippen LogP contribution in [0.25, 0.3) is 0 Å². The summed E-state index contributed by atoms with van der Waals surface area (Å²) < 4.78 is 5.27. The Morgan fingerprint density at radius 1 is 1.09 bits per heavy atom. The molecule has 0 amide bonds. The third-order valence-corrected chi connectivity index (χ3v) is 5.07. The molecule has 0 aliphatic heterocycles. The summed E-state index contributed by atoms with van der Waals surface area (Å²) in [5.41, 5.74) is -0.695. The van der Waals surface area contributed by atoms with E-state index in [0.29, 0.717) is 22.9 Å². The molecule has 0 radical (unpaired) electrons. The maximum absolute atomic E-state index is 12.4. The van der Waals surface area contributed by atoms with Gasteiger partial charge in [0.1, 0.15) is 5.54 Å². The number of nitrogens with one attached hydrogen (secondary N) is 1. The fourth-order valence-corrected chi connectivity index (χ4v) is 3.80. The highest BCUT2D eigenvalue weighted by molar-refractivity contribution is 7.99. The van der Waals surface area contributed by atoms with E-state index in [1.165, 1.54) is 0 Å². The van der Waals surface area contributed by atoms with Crippen LogP contribution in [-0.2, 0) is 9.53 Å². The topological polar surface area (TPSA) is 77.0 Å². The van der Waals surface area contributed by atoms with Crippen LogP contribution in [0.15, 0.2) is 10.3 Å². The van der Waals surface area contributed by atoms with Gasteiger partial charge in [0.15, 0.2) is 10.3 Å². The molecule has 0 spiro atoms. The van der Waals surface area contributed by atoms with E-state index < -0.39 is 5.54 Å². The average Bonchev–Trinajstić information content (AvgIpc) is 2.98. The first kappa shape index (κ1) is 18.3. The number of hydrogen-bond donors (Lipinski definition) is 1. The van der Waals surface area contributed by atoms with Crippen LogP contribution in [0.2, 0.25) is 0 Å². The minimum Gasteiger partial charge on any atom is -0.464 e. The molecule has 1 aromatic rings. The van der Waals surface area contributed by atoms with Crippen molar-refractivity contribution in [1.82, 2.24) is 15.0 Å². The van der Waals surface area contributed by atoms with Gasteiger partial charge in [0, 0.05) is 0 Å². The van der Waals surface area contributed by atoms with Gasteiger partial charge < -0.3 is 10.1 Å². The van der Waals surface area contributed by atoms with Gasteiger partial charge in [-0.25, -0.2) is 4.79 Å². The van der Waals surface area contributed by atoms with Crippen LogP contribution in [0.4, 0.5) is 5.95 Å². The van der Waals surface area contributed by atoms with E-state index in [4.69, 9.17) is 4.74 Å². The lowest BCUT2D eigenvalue weighted by Gasteiger charge is -2.27. The summed E-state index contributed by atoms with van der Waals surface area (Å²) in [5, 5.41) is 4.66. The van der Waals surface area contributed by atoms with E-state index in [1.807, 2.05) is 6.92 Å². The molecular formula is C15H24N4O2S2. The lowest BCUT2D eigenvalue weighted by atomic mass is 9.98. The van der Waals surface area contributed by atoms with E-state index in [2.05, 4.69) is 34.1 Å². The summed E-state index contributed by atoms with van der Waals surface area (Å²) in [7, 11) is 0. The van der Waals surface area contributed by atoms with Crippen molar-refractivity contribution in [2.45, 2.75) is 62.3 Å². The molecule has 0 saturated heterocycles. The van der Waals surface area contributed by atoms with Crippen LogP contribution < -0.4 is 5.32 Å². The largest absolute Gasteiger partial charge is 0.464 e. The molecule has 6 nitrogen and oxygen atoms in total. The molecule has 1 fully saturated rings. The van der Waals surface area contributed by atoms with Crippen molar-refractivity contribution < 1.29 is 9.53 Å². The molecule has 1 N–H and O–H groups in total. The van der Waals surface area contributed by atoms with Crippen molar-refractivity contribution in [3.8, 4) is 0 Å². The summed E-state index contributed by atoms with van der Waals surface area (Å²) >= 11 is 3.15. The van der Waals surface area contributed by atoms with Crippen molar-refractivity contribution in [3.63, 3.8) is 0 Å². The van der Waals surface area contributed by atoms with E-state index >= 15 is 0 Å². The zero-order valence-corrected chi connectivity index (χ0v) is 15.6. The Labute approximate surface area is 146 Å². The molecule has 128 valence electrons. The molecule has 2 rings (SSSR count). The molecule has 1 aliphatic carbocycles. The van der Waals surface area contributed by atoms with Gasteiger partial charge >= 0.3 is 5.97 Å². The Hall–Kier alpha value is -1.02. The maximum atomic E-state index is 12.4. The molecule has 1 saturated carbocycles. The maximum Gasteiger partial charge on any atom is 0.331 e. The molecular weight excluding hydrogens is 332 g/mol. The standard InChI is InChI=1S/C15H24N4O2S2/c1-4-21-11(20)15(9-7-8-10-15)19-12-16-13(22-5-2)18-14(17-12)23-6-3/h4-10H2,1-3H3,(H,16,17,18,19). The summed E-state index contributed by atoms with van der Waals surface area (Å²) in [5.74, 6) is 2.06. The Morgan fingerprint density at radius 3 is 2.13 bits per heavy atom. The number of nitrogens with zero attached hydrogens (tertiary/aromatic N) is 3. The first-order valence-corrected chi connectivity index (χ1v) is 10.1. The number of ether oxygens (including phenoxy) is 1. The number of rotatable bonds is 8. The van der Waals surface area contributed by atoms with E-state index in [0.717, 1.165) is 37.2 Å². The number of esters is 1. The zero-order valence-electron chi connectivity index (χ0n) is 13.9. The summed E-state index contributed by atoms with van der Waals surface area (Å²) in [4.78, 5) is 25.8. The Bertz CT molecular complexity index is 512. The second kappa shape index (κ2) is 8.73. The monoisotopic (exact) mass is 356 g/mol. The van der Waals surface area contributed by atoms with Gasteiger partial charge in [0.2, 0.25) is 5.95 Å². The number of hydrogen-bond acceptors (Lipinski definition) is 8. The van der Waals surface area contributed by atoms with Gasteiger partial charge in [-0.3, -0.25) is 0 Å². The second-order valence-electron chi connectivity index (χ2n) is 5.22. The molecule has 1 aromatic heterocycles. The van der Waals surface area contributed by atoms with Crippen molar-refractivity contribution in [2.75, 3.05) is 23.4 Å². The van der Waals surface area contributed by atoms with Gasteiger partial charge in [-0.15, -0.1) is 0 Å². The first-order chi connectivity index (χ1) is 11.1. The zero-order chi connectivity index (χ0) is 16.7. The third-order valence-electron chi connectivity index (χ3n) is 3.62. The molecule has 1 aliphatic rings. The fourth-order valence-electron chi connectivity index (χ4n) is 2.62.